The predicted octanol–water partition coefficient (Wildman–Crippen LogP) is 3.52. The summed E-state index contributed by atoms with van der Waals surface area (Å²) in [5, 5.41) is 16.6. The Labute approximate surface area is 190 Å². The maximum absolute atomic E-state index is 13.9. The molecular formula is C22H17F3N6O3. The number of pyridine rings is 1. The zero-order valence-corrected chi connectivity index (χ0v) is 17.5. The van der Waals surface area contributed by atoms with Gasteiger partial charge in [0.05, 0.1) is 17.7 Å². The number of hydrogen-bond acceptors (Lipinski definition) is 7. The molecule has 0 saturated carbocycles. The van der Waals surface area contributed by atoms with Crippen LogP contribution in [0.4, 0.5) is 13.2 Å². The second-order valence-corrected chi connectivity index (χ2v) is 7.85. The van der Waals surface area contributed by atoms with Gasteiger partial charge >= 0.3 is 12.1 Å². The first kappa shape index (κ1) is 21.8. The molecule has 1 aliphatic heterocycles. The van der Waals surface area contributed by atoms with Crippen LogP contribution in [0.25, 0.3) is 28.7 Å². The fraction of sp³-hybridized carbons (Fsp3) is 0.227. The molecule has 0 atom stereocenters. The molecule has 12 heteroatoms. The lowest BCUT2D eigenvalue weighted by Crippen LogP contribution is -2.49. The average molecular weight is 470 g/mol. The molecule has 3 aromatic heterocycles. The van der Waals surface area contributed by atoms with E-state index >= 15 is 0 Å². The minimum absolute atomic E-state index is 0.00767. The van der Waals surface area contributed by atoms with Gasteiger partial charge in [0, 0.05) is 31.4 Å². The van der Waals surface area contributed by atoms with Gasteiger partial charge in [-0.1, -0.05) is 35.5 Å². The Hall–Kier alpha value is -4.06. The summed E-state index contributed by atoms with van der Waals surface area (Å²) in [7, 11) is 0. The van der Waals surface area contributed by atoms with Crippen LogP contribution in [0.1, 0.15) is 11.3 Å². The van der Waals surface area contributed by atoms with Crippen LogP contribution in [-0.4, -0.2) is 54.0 Å². The number of halogens is 3. The van der Waals surface area contributed by atoms with E-state index < -0.39 is 17.8 Å². The number of nitrogens with zero attached hydrogens (tertiary/aromatic N) is 6. The molecule has 0 amide bonds. The SMILES string of the molecule is O=C(O)C1CN(Cc2ccc(-c3noc(-c4cnn(-c5ccccn5)c4C(F)(F)F)n3)cc2)C1. The third-order valence-corrected chi connectivity index (χ3v) is 5.49. The first-order valence-corrected chi connectivity index (χ1v) is 10.2. The highest BCUT2D eigenvalue weighted by Crippen LogP contribution is 2.38. The van der Waals surface area contributed by atoms with Crippen LogP contribution in [0, 0.1) is 5.92 Å². The van der Waals surface area contributed by atoms with Crippen molar-refractivity contribution < 1.29 is 27.6 Å². The van der Waals surface area contributed by atoms with E-state index in [1.807, 2.05) is 17.0 Å². The number of likely N-dealkylation sites (tertiary alicyclic amines) is 1. The van der Waals surface area contributed by atoms with Gasteiger partial charge in [-0.2, -0.15) is 23.3 Å². The van der Waals surface area contributed by atoms with Gasteiger partial charge in [-0.3, -0.25) is 9.69 Å². The Morgan fingerprint density at radius 3 is 2.56 bits per heavy atom. The molecular weight excluding hydrogens is 453 g/mol. The fourth-order valence-electron chi connectivity index (χ4n) is 3.75. The number of benzene rings is 1. The van der Waals surface area contributed by atoms with E-state index in [4.69, 9.17) is 9.63 Å². The lowest BCUT2D eigenvalue weighted by Gasteiger charge is -2.36. The smallest absolute Gasteiger partial charge is 0.434 e. The molecule has 0 unspecified atom stereocenters. The van der Waals surface area contributed by atoms with Crippen molar-refractivity contribution in [3.63, 3.8) is 0 Å². The quantitative estimate of drug-likeness (QED) is 0.456. The van der Waals surface area contributed by atoms with Gasteiger partial charge in [0.15, 0.2) is 11.5 Å². The maximum atomic E-state index is 13.9. The molecule has 1 saturated heterocycles. The van der Waals surface area contributed by atoms with Crippen LogP contribution >= 0.6 is 0 Å². The molecule has 34 heavy (non-hydrogen) atoms. The highest BCUT2D eigenvalue weighted by molar-refractivity contribution is 5.71. The largest absolute Gasteiger partial charge is 0.481 e. The van der Waals surface area contributed by atoms with Gasteiger partial charge in [-0.05, 0) is 17.7 Å². The number of carboxylic acids is 1. The molecule has 174 valence electrons. The van der Waals surface area contributed by atoms with E-state index in [0.29, 0.717) is 29.9 Å². The van der Waals surface area contributed by atoms with Crippen molar-refractivity contribution in [2.75, 3.05) is 13.1 Å². The first-order valence-electron chi connectivity index (χ1n) is 10.2. The number of rotatable bonds is 6. The number of alkyl halides is 3. The number of aromatic nitrogens is 5. The van der Waals surface area contributed by atoms with Crippen LogP contribution in [0.2, 0.25) is 0 Å². The zero-order valence-electron chi connectivity index (χ0n) is 17.5. The van der Waals surface area contributed by atoms with Gasteiger partial charge in [0.1, 0.15) is 0 Å². The maximum Gasteiger partial charge on any atom is 0.434 e. The molecule has 1 aliphatic rings. The summed E-state index contributed by atoms with van der Waals surface area (Å²) in [5.41, 5.74) is 0.119. The van der Waals surface area contributed by atoms with Crippen LogP contribution in [-0.2, 0) is 17.5 Å². The molecule has 0 bridgehead atoms. The first-order chi connectivity index (χ1) is 16.3. The standard InChI is InChI=1S/C22H17F3N6O3/c23-22(24,25)18-16(9-27-31(18)17-3-1-2-8-26-17)20-28-19(29-34-20)14-6-4-13(5-7-14)10-30-11-15(12-30)21(32)33/h1-9,15H,10-12H2,(H,32,33). The molecule has 9 nitrogen and oxygen atoms in total. The lowest BCUT2D eigenvalue weighted by molar-refractivity contribution is -0.147. The predicted molar refractivity (Wildman–Crippen MR) is 111 cm³/mol. The number of carboxylic acid groups (broad SMARTS) is 1. The lowest BCUT2D eigenvalue weighted by atomic mass is 9.99. The van der Waals surface area contributed by atoms with Crippen LogP contribution < -0.4 is 0 Å². The van der Waals surface area contributed by atoms with Crippen molar-refractivity contribution in [3.8, 4) is 28.7 Å². The van der Waals surface area contributed by atoms with E-state index in [9.17, 15) is 18.0 Å². The van der Waals surface area contributed by atoms with E-state index in [-0.39, 0.29) is 29.0 Å². The van der Waals surface area contributed by atoms with E-state index in [1.54, 1.807) is 24.3 Å². The summed E-state index contributed by atoms with van der Waals surface area (Å²) >= 11 is 0. The number of carbonyl (C=O) groups is 1. The Bertz CT molecular complexity index is 1310. The molecule has 0 radical (unpaired) electrons. The van der Waals surface area contributed by atoms with Crippen LogP contribution in [0.5, 0.6) is 0 Å². The topological polar surface area (TPSA) is 110 Å². The monoisotopic (exact) mass is 470 g/mol. The minimum atomic E-state index is -4.74. The van der Waals surface area contributed by atoms with Crippen molar-refractivity contribution in [3.05, 3.63) is 66.1 Å². The van der Waals surface area contributed by atoms with E-state index in [0.717, 1.165) is 11.8 Å². The second kappa shape index (κ2) is 8.37. The van der Waals surface area contributed by atoms with Crippen molar-refractivity contribution >= 4 is 5.97 Å². The van der Waals surface area contributed by atoms with E-state index in [1.165, 1.54) is 12.3 Å². The summed E-state index contributed by atoms with van der Waals surface area (Å²) in [6.07, 6.45) is -2.34. The summed E-state index contributed by atoms with van der Waals surface area (Å²) in [6, 6.07) is 11.7. The highest BCUT2D eigenvalue weighted by Gasteiger charge is 2.41. The third-order valence-electron chi connectivity index (χ3n) is 5.49. The molecule has 1 aromatic carbocycles. The molecule has 4 aromatic rings. The Kier molecular flexibility index (Phi) is 5.36. The molecule has 5 rings (SSSR count). The average Bonchev–Trinajstić information content (AvgIpc) is 3.44. The van der Waals surface area contributed by atoms with Crippen molar-refractivity contribution in [2.45, 2.75) is 12.7 Å². The van der Waals surface area contributed by atoms with Gasteiger partial charge in [-0.15, -0.1) is 0 Å². The van der Waals surface area contributed by atoms with Crippen molar-refractivity contribution in [1.29, 1.82) is 0 Å². The Morgan fingerprint density at radius 1 is 1.15 bits per heavy atom. The summed E-state index contributed by atoms with van der Waals surface area (Å²) in [6.45, 7) is 1.60. The Morgan fingerprint density at radius 2 is 1.91 bits per heavy atom. The summed E-state index contributed by atoms with van der Waals surface area (Å²) < 4.78 is 47.5. The van der Waals surface area contributed by atoms with Crippen LogP contribution in [0.3, 0.4) is 0 Å². The highest BCUT2D eigenvalue weighted by atomic mass is 19.4. The summed E-state index contributed by atoms with van der Waals surface area (Å²) in [5.74, 6) is -1.29. The minimum Gasteiger partial charge on any atom is -0.481 e. The number of hydrogen-bond donors (Lipinski definition) is 1. The number of aliphatic carboxylic acids is 1. The van der Waals surface area contributed by atoms with Gasteiger partial charge in [0.2, 0.25) is 5.82 Å². The molecule has 0 spiro atoms. The van der Waals surface area contributed by atoms with Crippen molar-refractivity contribution in [1.82, 2.24) is 29.8 Å². The van der Waals surface area contributed by atoms with Gasteiger partial charge < -0.3 is 9.63 Å². The Balaban J connectivity index is 1.37. The fourth-order valence-corrected chi connectivity index (χ4v) is 3.75. The molecule has 1 fully saturated rings. The molecule has 1 N–H and O–H groups in total. The molecule has 4 heterocycles. The van der Waals surface area contributed by atoms with Crippen molar-refractivity contribution in [2.24, 2.45) is 5.92 Å². The second-order valence-electron chi connectivity index (χ2n) is 7.85. The molecule has 0 aliphatic carbocycles. The van der Waals surface area contributed by atoms with Gasteiger partial charge in [0.25, 0.3) is 5.89 Å². The van der Waals surface area contributed by atoms with E-state index in [2.05, 4.69) is 20.2 Å². The summed E-state index contributed by atoms with van der Waals surface area (Å²) in [4.78, 5) is 21.0. The van der Waals surface area contributed by atoms with Gasteiger partial charge in [-0.25, -0.2) is 9.67 Å². The zero-order chi connectivity index (χ0) is 23.9. The third kappa shape index (κ3) is 4.15. The van der Waals surface area contributed by atoms with Crippen LogP contribution in [0.15, 0.2) is 59.4 Å². The normalized spacial score (nSPS) is 14.8.